The third-order valence-electron chi connectivity index (χ3n) is 7.14. The van der Waals surface area contributed by atoms with Gasteiger partial charge in [0.25, 0.3) is 0 Å². The maximum Gasteiger partial charge on any atom is 0.418 e. The highest BCUT2D eigenvalue weighted by Gasteiger charge is 2.33. The predicted molar refractivity (Wildman–Crippen MR) is 154 cm³/mol. The summed E-state index contributed by atoms with van der Waals surface area (Å²) in [5, 5.41) is 13.8. The zero-order valence-corrected chi connectivity index (χ0v) is 21.7. The number of H-pyrrole nitrogens is 1. The minimum Gasteiger partial charge on any atom is -0.478 e. The van der Waals surface area contributed by atoms with Crippen LogP contribution in [0.2, 0.25) is 0 Å². The number of aromatic nitrogens is 2. The Bertz CT molecular complexity index is 1900. The normalized spacial score (nSPS) is 11.7. The number of alkyl halides is 3. The van der Waals surface area contributed by atoms with Crippen LogP contribution < -0.4 is 5.32 Å². The molecule has 0 atom stereocenters. The summed E-state index contributed by atoms with van der Waals surface area (Å²) in [4.78, 5) is 18.8. The van der Waals surface area contributed by atoms with Crippen molar-refractivity contribution in [2.45, 2.75) is 19.1 Å². The molecule has 0 saturated heterocycles. The van der Waals surface area contributed by atoms with E-state index in [0.29, 0.717) is 29.3 Å². The largest absolute Gasteiger partial charge is 0.478 e. The number of hydrogen-bond acceptors (Lipinski definition) is 3. The molecule has 0 radical (unpaired) electrons. The molecule has 0 aliphatic heterocycles. The lowest BCUT2D eigenvalue weighted by Crippen LogP contribution is -2.07. The molecule has 8 heteroatoms. The molecule has 0 saturated carbocycles. The minimum atomic E-state index is -4.53. The zero-order valence-electron chi connectivity index (χ0n) is 21.7. The average Bonchev–Trinajstić information content (AvgIpc) is 3.39. The predicted octanol–water partition coefficient (Wildman–Crippen LogP) is 8.30. The summed E-state index contributed by atoms with van der Waals surface area (Å²) in [7, 11) is 0. The summed E-state index contributed by atoms with van der Waals surface area (Å²) in [5.41, 5.74) is 5.10. The minimum absolute atomic E-state index is 0.0793. The fourth-order valence-electron chi connectivity index (χ4n) is 5.23. The molecule has 0 fully saturated rings. The molecule has 41 heavy (non-hydrogen) atoms. The molecule has 5 nitrogen and oxygen atoms in total. The summed E-state index contributed by atoms with van der Waals surface area (Å²) in [6.45, 7) is 0.428. The van der Waals surface area contributed by atoms with Crippen molar-refractivity contribution < 1.29 is 23.1 Å². The van der Waals surface area contributed by atoms with Crippen molar-refractivity contribution in [3.8, 4) is 11.1 Å². The standard InChI is InChI=1S/C33H24F3N3O2/c34-33(35,36)28-11-5-10-25-30(23(18-39-31(25)28)14-20-6-2-1-3-7-20)22-9-4-8-21(15-22)17-37-24-12-13-29-26(16-24)27(19-38-29)32(40)41/h1-13,15-16,18-19,37-38H,14,17H2,(H,40,41). The van der Waals surface area contributed by atoms with Gasteiger partial charge in [0.2, 0.25) is 0 Å². The van der Waals surface area contributed by atoms with Gasteiger partial charge >= 0.3 is 12.1 Å². The molecule has 0 spiro atoms. The summed E-state index contributed by atoms with van der Waals surface area (Å²) in [5.74, 6) is -1.01. The molecule has 0 unspecified atom stereocenters. The van der Waals surface area contributed by atoms with E-state index < -0.39 is 17.7 Å². The fourth-order valence-corrected chi connectivity index (χ4v) is 5.23. The van der Waals surface area contributed by atoms with Gasteiger partial charge in [-0.2, -0.15) is 13.2 Å². The fraction of sp³-hybridized carbons (Fsp3) is 0.0909. The summed E-state index contributed by atoms with van der Waals surface area (Å²) < 4.78 is 41.7. The zero-order chi connectivity index (χ0) is 28.6. The van der Waals surface area contributed by atoms with Gasteiger partial charge < -0.3 is 15.4 Å². The lowest BCUT2D eigenvalue weighted by atomic mass is 9.91. The topological polar surface area (TPSA) is 78.0 Å². The number of carboxylic acids is 1. The number of nitrogens with one attached hydrogen (secondary N) is 2. The third kappa shape index (κ3) is 5.24. The van der Waals surface area contributed by atoms with Crippen LogP contribution in [0.25, 0.3) is 32.9 Å². The van der Waals surface area contributed by atoms with Crippen molar-refractivity contribution in [3.63, 3.8) is 0 Å². The van der Waals surface area contributed by atoms with Crippen LogP contribution in [0.15, 0.2) is 103 Å². The number of anilines is 1. The van der Waals surface area contributed by atoms with Gasteiger partial charge in [-0.3, -0.25) is 4.98 Å². The molecule has 0 bridgehead atoms. The number of para-hydroxylation sites is 1. The molecule has 0 amide bonds. The first-order valence-corrected chi connectivity index (χ1v) is 13.0. The number of fused-ring (bicyclic) bond motifs is 2. The van der Waals surface area contributed by atoms with Gasteiger partial charge in [-0.15, -0.1) is 0 Å². The van der Waals surface area contributed by atoms with Crippen LogP contribution in [0, 0.1) is 0 Å². The van der Waals surface area contributed by atoms with E-state index in [9.17, 15) is 23.1 Å². The van der Waals surface area contributed by atoms with Crippen molar-refractivity contribution >= 4 is 33.5 Å². The van der Waals surface area contributed by atoms with Gasteiger partial charge in [0, 0.05) is 40.9 Å². The van der Waals surface area contributed by atoms with Gasteiger partial charge in [-0.05, 0) is 64.6 Å². The summed E-state index contributed by atoms with van der Waals surface area (Å²) >= 11 is 0. The van der Waals surface area contributed by atoms with Gasteiger partial charge in [0.05, 0.1) is 16.6 Å². The molecule has 2 heterocycles. The smallest absolute Gasteiger partial charge is 0.418 e. The van der Waals surface area contributed by atoms with Crippen LogP contribution in [-0.4, -0.2) is 21.0 Å². The number of rotatable bonds is 7. The Kier molecular flexibility index (Phi) is 6.67. The molecule has 0 aliphatic rings. The Balaban J connectivity index is 1.39. The number of aromatic amines is 1. The second kappa shape index (κ2) is 10.5. The highest BCUT2D eigenvalue weighted by molar-refractivity contribution is 6.04. The van der Waals surface area contributed by atoms with E-state index in [0.717, 1.165) is 39.5 Å². The highest BCUT2D eigenvalue weighted by Crippen LogP contribution is 2.39. The maximum absolute atomic E-state index is 13.9. The SMILES string of the molecule is O=C(O)c1c[nH]c2ccc(NCc3cccc(-c4c(Cc5ccccc5)cnc5c(C(F)(F)F)cccc45)c3)cc12. The first-order valence-electron chi connectivity index (χ1n) is 13.0. The van der Waals surface area contributed by atoms with Crippen molar-refractivity contribution in [2.75, 3.05) is 5.32 Å². The molecule has 3 N–H and O–H groups in total. The van der Waals surface area contributed by atoms with E-state index in [2.05, 4.69) is 15.3 Å². The average molecular weight is 552 g/mol. The number of carbonyl (C=O) groups is 1. The number of halogens is 3. The van der Waals surface area contributed by atoms with Crippen LogP contribution in [0.3, 0.4) is 0 Å². The van der Waals surface area contributed by atoms with Crippen LogP contribution in [0.1, 0.15) is 32.6 Å². The molecule has 204 valence electrons. The number of hydrogen-bond donors (Lipinski definition) is 3. The van der Waals surface area contributed by atoms with Crippen molar-refractivity contribution in [2.24, 2.45) is 0 Å². The third-order valence-corrected chi connectivity index (χ3v) is 7.14. The van der Waals surface area contributed by atoms with Crippen molar-refractivity contribution in [1.29, 1.82) is 0 Å². The second-order valence-electron chi connectivity index (χ2n) is 9.84. The first-order chi connectivity index (χ1) is 19.8. The Hall–Kier alpha value is -5.11. The number of nitrogens with zero attached hydrogens (tertiary/aromatic N) is 1. The van der Waals surface area contributed by atoms with Crippen molar-refractivity contribution in [3.05, 3.63) is 131 Å². The molecular weight excluding hydrogens is 527 g/mol. The van der Waals surface area contributed by atoms with E-state index in [-0.39, 0.29) is 11.1 Å². The summed E-state index contributed by atoms with van der Waals surface area (Å²) in [6.07, 6.45) is -0.995. The quantitative estimate of drug-likeness (QED) is 0.187. The van der Waals surface area contributed by atoms with Crippen LogP contribution in [-0.2, 0) is 19.1 Å². The van der Waals surface area contributed by atoms with E-state index >= 15 is 0 Å². The monoisotopic (exact) mass is 551 g/mol. The molecular formula is C33H24F3N3O2. The lowest BCUT2D eigenvalue weighted by molar-refractivity contribution is -0.136. The van der Waals surface area contributed by atoms with Gasteiger partial charge in [-0.25, -0.2) is 4.79 Å². The first kappa shape index (κ1) is 26.1. The number of benzene rings is 4. The van der Waals surface area contributed by atoms with E-state index in [1.807, 2.05) is 66.7 Å². The molecule has 4 aromatic carbocycles. The van der Waals surface area contributed by atoms with Gasteiger partial charge in [0.1, 0.15) is 0 Å². The van der Waals surface area contributed by atoms with Crippen LogP contribution in [0.4, 0.5) is 18.9 Å². The Labute approximate surface area is 233 Å². The molecule has 6 rings (SSSR count). The maximum atomic E-state index is 13.9. The van der Waals surface area contributed by atoms with Gasteiger partial charge in [0.15, 0.2) is 0 Å². The van der Waals surface area contributed by atoms with Gasteiger partial charge in [-0.1, -0.05) is 60.7 Å². The van der Waals surface area contributed by atoms with Crippen LogP contribution >= 0.6 is 0 Å². The van der Waals surface area contributed by atoms with E-state index in [4.69, 9.17) is 0 Å². The number of pyridine rings is 1. The summed E-state index contributed by atoms with van der Waals surface area (Å²) in [6, 6.07) is 27.1. The molecule has 0 aliphatic carbocycles. The van der Waals surface area contributed by atoms with E-state index in [1.165, 1.54) is 12.3 Å². The number of aromatic carboxylic acids is 1. The Morgan fingerprint density at radius 3 is 2.44 bits per heavy atom. The molecule has 2 aromatic heterocycles. The second-order valence-corrected chi connectivity index (χ2v) is 9.84. The lowest BCUT2D eigenvalue weighted by Gasteiger charge is -2.17. The van der Waals surface area contributed by atoms with E-state index in [1.54, 1.807) is 18.3 Å². The van der Waals surface area contributed by atoms with Crippen molar-refractivity contribution in [1.82, 2.24) is 9.97 Å². The highest BCUT2D eigenvalue weighted by atomic mass is 19.4. The van der Waals surface area contributed by atoms with Crippen LogP contribution in [0.5, 0.6) is 0 Å². The number of carboxylic acid groups (broad SMARTS) is 1. The molecule has 6 aromatic rings. The Morgan fingerprint density at radius 2 is 1.66 bits per heavy atom. The Morgan fingerprint density at radius 1 is 0.878 bits per heavy atom.